The highest BCUT2D eigenvalue weighted by molar-refractivity contribution is 8.25. The van der Waals surface area contributed by atoms with Crippen molar-refractivity contribution in [2.75, 3.05) is 23.7 Å². The van der Waals surface area contributed by atoms with E-state index in [9.17, 15) is 13.9 Å². The van der Waals surface area contributed by atoms with Gasteiger partial charge in [0, 0.05) is 25.2 Å². The highest BCUT2D eigenvalue weighted by atomic mass is 32.3. The Kier molecular flexibility index (Phi) is 4.92. The van der Waals surface area contributed by atoms with E-state index >= 15 is 0 Å². The van der Waals surface area contributed by atoms with Crippen molar-refractivity contribution in [1.29, 1.82) is 0 Å². The Balaban J connectivity index is 1.63. The molecule has 2 aromatic carbocycles. The molecular weight excluding hydrogens is 430 g/mol. The van der Waals surface area contributed by atoms with Gasteiger partial charge >= 0.3 is 0 Å². The number of aromatic amines is 1. The van der Waals surface area contributed by atoms with E-state index in [1.165, 1.54) is 7.11 Å². The monoisotopic (exact) mass is 453 g/mol. The van der Waals surface area contributed by atoms with Crippen molar-refractivity contribution in [2.24, 2.45) is 7.05 Å². The van der Waals surface area contributed by atoms with Gasteiger partial charge < -0.3 is 9.72 Å². The molecule has 32 heavy (non-hydrogen) atoms. The zero-order chi connectivity index (χ0) is 22.5. The molecule has 1 fully saturated rings. The first kappa shape index (κ1) is 20.6. The standard InChI is InChI=1S/C22H23N5O4S/c1-26-21-18(19(25-26)14-7-4-3-5-8-14)22(28)24-20(23-21)16-10-9-15(13-17(16)31-2)27-11-6-12-32(27,29)30/h3-5,7-10,13,29-30H,6,11-12H2,1-2H3,(H,23,24,28). The van der Waals surface area contributed by atoms with Gasteiger partial charge in [-0.2, -0.15) is 5.10 Å². The van der Waals surface area contributed by atoms with Crippen LogP contribution >= 0.6 is 10.8 Å². The molecule has 1 saturated heterocycles. The molecule has 0 spiro atoms. The van der Waals surface area contributed by atoms with Crippen molar-refractivity contribution in [3.63, 3.8) is 0 Å². The molecule has 0 amide bonds. The maximum Gasteiger partial charge on any atom is 0.262 e. The summed E-state index contributed by atoms with van der Waals surface area (Å²) in [6, 6.07) is 14.8. The molecule has 0 atom stereocenters. The number of nitrogens with zero attached hydrogens (tertiary/aromatic N) is 4. The van der Waals surface area contributed by atoms with Gasteiger partial charge in [-0.15, -0.1) is 10.8 Å². The third-order valence-electron chi connectivity index (χ3n) is 5.60. The minimum atomic E-state index is -2.81. The highest BCUT2D eigenvalue weighted by Gasteiger charge is 2.30. The molecular formula is C22H23N5O4S. The van der Waals surface area contributed by atoms with Gasteiger partial charge in [0.2, 0.25) is 0 Å². The molecule has 5 rings (SSSR count). The van der Waals surface area contributed by atoms with Crippen LogP contribution in [0.5, 0.6) is 5.75 Å². The van der Waals surface area contributed by atoms with Crippen molar-refractivity contribution in [3.8, 4) is 28.4 Å². The van der Waals surface area contributed by atoms with E-state index in [1.807, 2.05) is 30.3 Å². The van der Waals surface area contributed by atoms with E-state index in [2.05, 4.69) is 15.1 Å². The summed E-state index contributed by atoms with van der Waals surface area (Å²) in [4.78, 5) is 20.6. The van der Waals surface area contributed by atoms with E-state index in [0.717, 1.165) is 5.56 Å². The van der Waals surface area contributed by atoms with Gasteiger partial charge in [-0.05, 0) is 18.6 Å². The van der Waals surface area contributed by atoms with Crippen molar-refractivity contribution in [1.82, 2.24) is 19.7 Å². The van der Waals surface area contributed by atoms with Crippen LogP contribution < -0.4 is 14.6 Å². The van der Waals surface area contributed by atoms with Crippen molar-refractivity contribution < 1.29 is 13.8 Å². The normalized spacial score (nSPS) is 16.4. The van der Waals surface area contributed by atoms with E-state index in [1.54, 1.807) is 34.2 Å². The number of nitrogens with one attached hydrogen (secondary N) is 1. The molecule has 10 heteroatoms. The molecule has 0 aliphatic carbocycles. The molecule has 2 aromatic heterocycles. The predicted molar refractivity (Wildman–Crippen MR) is 126 cm³/mol. The molecule has 166 valence electrons. The molecule has 0 unspecified atom stereocenters. The number of hydrogen-bond donors (Lipinski definition) is 3. The van der Waals surface area contributed by atoms with Crippen LogP contribution in [0.2, 0.25) is 0 Å². The Morgan fingerprint density at radius 1 is 1.16 bits per heavy atom. The number of aromatic nitrogens is 4. The average Bonchev–Trinajstić information content (AvgIpc) is 3.33. The average molecular weight is 454 g/mol. The molecule has 3 N–H and O–H groups in total. The Morgan fingerprint density at radius 2 is 1.94 bits per heavy atom. The number of benzene rings is 2. The lowest BCUT2D eigenvalue weighted by atomic mass is 10.1. The summed E-state index contributed by atoms with van der Waals surface area (Å²) in [5.74, 6) is 1.17. The maximum absolute atomic E-state index is 13.1. The number of hydrogen-bond acceptors (Lipinski definition) is 7. The molecule has 0 radical (unpaired) electrons. The summed E-state index contributed by atoms with van der Waals surface area (Å²) < 4.78 is 29.3. The first-order valence-electron chi connectivity index (χ1n) is 10.1. The first-order chi connectivity index (χ1) is 15.4. The number of H-pyrrole nitrogens is 1. The van der Waals surface area contributed by atoms with E-state index in [0.29, 0.717) is 58.3 Å². The van der Waals surface area contributed by atoms with Crippen molar-refractivity contribution in [3.05, 3.63) is 58.9 Å². The van der Waals surface area contributed by atoms with Gasteiger partial charge in [0.05, 0.1) is 24.1 Å². The molecule has 1 aliphatic rings. The maximum atomic E-state index is 13.1. The predicted octanol–water partition coefficient (Wildman–Crippen LogP) is 3.87. The van der Waals surface area contributed by atoms with Gasteiger partial charge in [-0.25, -0.2) is 9.67 Å². The summed E-state index contributed by atoms with van der Waals surface area (Å²) in [5, 5.41) is 4.94. The van der Waals surface area contributed by atoms with Crippen LogP contribution in [0.25, 0.3) is 33.7 Å². The topological polar surface area (TPSA) is 116 Å². The third-order valence-corrected chi connectivity index (χ3v) is 7.54. The summed E-state index contributed by atoms with van der Waals surface area (Å²) >= 11 is 0. The molecule has 4 aromatic rings. The van der Waals surface area contributed by atoms with E-state index in [4.69, 9.17) is 4.74 Å². The van der Waals surface area contributed by atoms with E-state index in [-0.39, 0.29) is 5.56 Å². The largest absolute Gasteiger partial charge is 0.496 e. The van der Waals surface area contributed by atoms with Crippen LogP contribution in [0, 0.1) is 0 Å². The quantitative estimate of drug-likeness (QED) is 0.429. The van der Waals surface area contributed by atoms with E-state index < -0.39 is 10.8 Å². The van der Waals surface area contributed by atoms with Gasteiger partial charge in [0.15, 0.2) is 5.65 Å². The fourth-order valence-corrected chi connectivity index (χ4v) is 5.68. The number of ether oxygens (including phenoxy) is 1. The summed E-state index contributed by atoms with van der Waals surface area (Å²) in [6.07, 6.45) is 0.710. The smallest absolute Gasteiger partial charge is 0.262 e. The third kappa shape index (κ3) is 3.32. The van der Waals surface area contributed by atoms with Crippen LogP contribution in [0.15, 0.2) is 53.3 Å². The Morgan fingerprint density at radius 3 is 2.62 bits per heavy atom. The lowest BCUT2D eigenvalue weighted by Gasteiger charge is -2.38. The number of aryl methyl sites for hydroxylation is 1. The van der Waals surface area contributed by atoms with Crippen molar-refractivity contribution >= 4 is 27.5 Å². The second-order valence-corrected chi connectivity index (χ2v) is 9.74. The van der Waals surface area contributed by atoms with Gasteiger partial charge in [-0.1, -0.05) is 30.3 Å². The van der Waals surface area contributed by atoms with Crippen LogP contribution in [0.1, 0.15) is 6.42 Å². The molecule has 1 aliphatic heterocycles. The van der Waals surface area contributed by atoms with Crippen LogP contribution in [0.3, 0.4) is 0 Å². The minimum absolute atomic E-state index is 0.295. The molecule has 9 nitrogen and oxygen atoms in total. The summed E-state index contributed by atoms with van der Waals surface area (Å²) in [6.45, 7) is 0.559. The molecule has 0 bridgehead atoms. The summed E-state index contributed by atoms with van der Waals surface area (Å²) in [5.41, 5.74) is 2.82. The van der Waals surface area contributed by atoms with Gasteiger partial charge in [0.25, 0.3) is 5.56 Å². The van der Waals surface area contributed by atoms with Crippen molar-refractivity contribution in [2.45, 2.75) is 6.42 Å². The summed E-state index contributed by atoms with van der Waals surface area (Å²) in [7, 11) is 0.465. The number of methoxy groups -OCH3 is 1. The first-order valence-corrected chi connectivity index (χ1v) is 11.8. The van der Waals surface area contributed by atoms with Gasteiger partial charge in [-0.3, -0.25) is 18.2 Å². The number of anilines is 1. The van der Waals surface area contributed by atoms with Crippen LogP contribution in [0.4, 0.5) is 5.69 Å². The fourth-order valence-electron chi connectivity index (χ4n) is 4.07. The lowest BCUT2D eigenvalue weighted by molar-refractivity contribution is 0.416. The molecule has 0 saturated carbocycles. The zero-order valence-electron chi connectivity index (χ0n) is 17.6. The highest BCUT2D eigenvalue weighted by Crippen LogP contribution is 2.51. The molecule has 3 heterocycles. The number of rotatable bonds is 4. The zero-order valence-corrected chi connectivity index (χ0v) is 18.5. The lowest BCUT2D eigenvalue weighted by Crippen LogP contribution is -2.21. The fraction of sp³-hybridized carbons (Fsp3) is 0.227. The minimum Gasteiger partial charge on any atom is -0.496 e. The second kappa shape index (κ2) is 7.66. The van der Waals surface area contributed by atoms with Crippen LogP contribution in [-0.2, 0) is 7.05 Å². The second-order valence-electron chi connectivity index (χ2n) is 7.63. The van der Waals surface area contributed by atoms with Crippen LogP contribution in [-0.4, -0.2) is 48.3 Å². The van der Waals surface area contributed by atoms with Gasteiger partial charge in [0.1, 0.15) is 22.7 Å². The Bertz CT molecular complexity index is 1370. The SMILES string of the molecule is COc1cc(N2CCCS2(O)O)ccc1-c1nc2c(c(-c3ccccc3)nn2C)c(=O)[nH]1. The Labute approximate surface area is 185 Å². The Hall–Kier alpha value is -3.34. The number of fused-ring (bicyclic) bond motifs is 1.